The number of rotatable bonds is 1. The molecule has 90 valence electrons. The number of amides is 1. The third kappa shape index (κ3) is 1.60. The van der Waals surface area contributed by atoms with Crippen molar-refractivity contribution < 1.29 is 9.53 Å². The average Bonchev–Trinajstić information content (AvgIpc) is 2.72. The van der Waals surface area contributed by atoms with Gasteiger partial charge in [-0.1, -0.05) is 0 Å². The van der Waals surface area contributed by atoms with Gasteiger partial charge in [0.25, 0.3) is 0 Å². The molecule has 1 amide bonds. The molecule has 3 heterocycles. The van der Waals surface area contributed by atoms with E-state index in [4.69, 9.17) is 4.74 Å². The van der Waals surface area contributed by atoms with Gasteiger partial charge in [0.2, 0.25) is 11.8 Å². The Labute approximate surface area is 99.0 Å². The van der Waals surface area contributed by atoms with Crippen LogP contribution in [0.25, 0.3) is 0 Å². The minimum atomic E-state index is 0.00810. The molecule has 1 aromatic rings. The quantitative estimate of drug-likeness (QED) is 0.778. The number of ether oxygens (including phenoxy) is 1. The van der Waals surface area contributed by atoms with Crippen LogP contribution in [-0.2, 0) is 4.79 Å². The van der Waals surface area contributed by atoms with E-state index in [0.29, 0.717) is 18.0 Å². The van der Waals surface area contributed by atoms with Crippen molar-refractivity contribution in [3.8, 4) is 5.88 Å². The maximum absolute atomic E-state index is 11.8. The molecule has 2 aliphatic heterocycles. The molecule has 1 atom stereocenters. The van der Waals surface area contributed by atoms with Crippen LogP contribution in [0.5, 0.6) is 5.88 Å². The molecule has 6 nitrogen and oxygen atoms in total. The molecule has 0 aromatic carbocycles. The average molecular weight is 234 g/mol. The Morgan fingerprint density at radius 1 is 1.53 bits per heavy atom. The minimum Gasteiger partial charge on any atom is -0.479 e. The van der Waals surface area contributed by atoms with E-state index < -0.39 is 0 Å². The molecule has 17 heavy (non-hydrogen) atoms. The molecular weight excluding hydrogens is 220 g/mol. The summed E-state index contributed by atoms with van der Waals surface area (Å²) in [7, 11) is 1.54. The molecule has 1 saturated heterocycles. The fourth-order valence-corrected chi connectivity index (χ4v) is 2.57. The van der Waals surface area contributed by atoms with Crippen molar-refractivity contribution >= 4 is 17.4 Å². The Morgan fingerprint density at radius 3 is 3.24 bits per heavy atom. The fraction of sp³-hybridized carbons (Fsp3) is 0.545. The molecule has 0 radical (unpaired) electrons. The molecule has 6 heteroatoms. The summed E-state index contributed by atoms with van der Waals surface area (Å²) in [6.45, 7) is 0.937. The van der Waals surface area contributed by atoms with Gasteiger partial charge in [-0.25, -0.2) is 4.98 Å². The lowest BCUT2D eigenvalue weighted by molar-refractivity contribution is -0.116. The minimum absolute atomic E-state index is 0.00810. The first-order valence-electron chi connectivity index (χ1n) is 5.75. The Bertz CT molecular complexity index is 463. The number of anilines is 2. The Morgan fingerprint density at radius 2 is 2.41 bits per heavy atom. The summed E-state index contributed by atoms with van der Waals surface area (Å²) < 4.78 is 5.17. The molecule has 0 bridgehead atoms. The zero-order valence-electron chi connectivity index (χ0n) is 9.64. The number of hydrogen-bond donors (Lipinski definition) is 1. The van der Waals surface area contributed by atoms with E-state index in [1.54, 1.807) is 7.11 Å². The fourth-order valence-electron chi connectivity index (χ4n) is 2.57. The molecule has 1 unspecified atom stereocenters. The first kappa shape index (κ1) is 10.3. The number of nitrogens with zero attached hydrogens (tertiary/aromatic N) is 3. The zero-order valence-corrected chi connectivity index (χ0v) is 9.64. The lowest BCUT2D eigenvalue weighted by atomic mass is 10.1. The van der Waals surface area contributed by atoms with Crippen molar-refractivity contribution in [1.29, 1.82) is 0 Å². The van der Waals surface area contributed by atoms with Gasteiger partial charge in [-0.05, 0) is 12.8 Å². The van der Waals surface area contributed by atoms with Gasteiger partial charge >= 0.3 is 0 Å². The van der Waals surface area contributed by atoms with Crippen molar-refractivity contribution in [2.45, 2.75) is 25.3 Å². The summed E-state index contributed by atoms with van der Waals surface area (Å²) >= 11 is 0. The Balaban J connectivity index is 2.12. The SMILES string of the molecule is COc1ncnc2c1NC(=O)CC1CCCN21. The van der Waals surface area contributed by atoms with Gasteiger partial charge in [0.1, 0.15) is 12.0 Å². The largest absolute Gasteiger partial charge is 0.479 e. The number of hydrogen-bond acceptors (Lipinski definition) is 5. The van der Waals surface area contributed by atoms with E-state index in [1.165, 1.54) is 6.33 Å². The molecule has 1 N–H and O–H groups in total. The van der Waals surface area contributed by atoms with Crippen LogP contribution < -0.4 is 15.0 Å². The summed E-state index contributed by atoms with van der Waals surface area (Å²) in [6, 6.07) is 0.260. The standard InChI is InChI=1S/C11H14N4O2/c1-17-11-9-10(12-6-13-11)15-4-2-3-7(15)5-8(16)14-9/h6-7H,2-5H2,1H3,(H,14,16). The highest BCUT2D eigenvalue weighted by Crippen LogP contribution is 2.38. The highest BCUT2D eigenvalue weighted by molar-refractivity contribution is 5.97. The maximum Gasteiger partial charge on any atom is 0.242 e. The summed E-state index contributed by atoms with van der Waals surface area (Å²) in [5.41, 5.74) is 0.601. The van der Waals surface area contributed by atoms with E-state index >= 15 is 0 Å². The van der Waals surface area contributed by atoms with Crippen LogP contribution in [-0.4, -0.2) is 35.6 Å². The van der Waals surface area contributed by atoms with Gasteiger partial charge < -0.3 is 15.0 Å². The van der Waals surface area contributed by atoms with Crippen molar-refractivity contribution in [3.05, 3.63) is 6.33 Å². The maximum atomic E-state index is 11.8. The lowest BCUT2D eigenvalue weighted by Crippen LogP contribution is -2.30. The van der Waals surface area contributed by atoms with Crippen LogP contribution >= 0.6 is 0 Å². The van der Waals surface area contributed by atoms with E-state index in [-0.39, 0.29) is 11.9 Å². The first-order chi connectivity index (χ1) is 8.29. The number of nitrogens with one attached hydrogen (secondary N) is 1. The lowest BCUT2D eigenvalue weighted by Gasteiger charge is -2.23. The third-order valence-electron chi connectivity index (χ3n) is 3.32. The highest BCUT2D eigenvalue weighted by atomic mass is 16.5. The molecule has 2 aliphatic rings. The van der Waals surface area contributed by atoms with Crippen LogP contribution in [0.2, 0.25) is 0 Å². The number of carbonyl (C=O) groups is 1. The molecule has 0 spiro atoms. The summed E-state index contributed by atoms with van der Waals surface area (Å²) in [4.78, 5) is 22.3. The second-order valence-corrected chi connectivity index (χ2v) is 4.32. The molecule has 0 saturated carbocycles. The van der Waals surface area contributed by atoms with Gasteiger partial charge in [0.15, 0.2) is 5.82 Å². The van der Waals surface area contributed by atoms with E-state index in [9.17, 15) is 4.79 Å². The summed E-state index contributed by atoms with van der Waals surface area (Å²) in [5, 5.41) is 2.84. The number of fused-ring (bicyclic) bond motifs is 3. The molecule has 0 aliphatic carbocycles. The smallest absolute Gasteiger partial charge is 0.242 e. The van der Waals surface area contributed by atoms with Crippen LogP contribution in [0.1, 0.15) is 19.3 Å². The topological polar surface area (TPSA) is 67.4 Å². The Hall–Kier alpha value is -1.85. The van der Waals surface area contributed by atoms with Gasteiger partial charge in [-0.3, -0.25) is 4.79 Å². The summed E-state index contributed by atoms with van der Waals surface area (Å²) in [5.74, 6) is 1.22. The monoisotopic (exact) mass is 234 g/mol. The van der Waals surface area contributed by atoms with Gasteiger partial charge in [-0.2, -0.15) is 4.98 Å². The van der Waals surface area contributed by atoms with E-state index in [1.807, 2.05) is 0 Å². The molecule has 1 aromatic heterocycles. The van der Waals surface area contributed by atoms with Crippen molar-refractivity contribution in [3.63, 3.8) is 0 Å². The van der Waals surface area contributed by atoms with Gasteiger partial charge in [0.05, 0.1) is 7.11 Å². The zero-order chi connectivity index (χ0) is 11.8. The van der Waals surface area contributed by atoms with Crippen LogP contribution in [0.4, 0.5) is 11.5 Å². The van der Waals surface area contributed by atoms with Gasteiger partial charge in [-0.15, -0.1) is 0 Å². The van der Waals surface area contributed by atoms with E-state index in [2.05, 4.69) is 20.2 Å². The predicted molar refractivity (Wildman–Crippen MR) is 62.2 cm³/mol. The normalized spacial score (nSPS) is 22.5. The second kappa shape index (κ2) is 3.87. The number of carbonyl (C=O) groups excluding carboxylic acids is 1. The predicted octanol–water partition coefficient (Wildman–Crippen LogP) is 0.796. The number of methoxy groups -OCH3 is 1. The van der Waals surface area contributed by atoms with Crippen LogP contribution in [0.15, 0.2) is 6.33 Å². The van der Waals surface area contributed by atoms with Crippen LogP contribution in [0, 0.1) is 0 Å². The third-order valence-corrected chi connectivity index (χ3v) is 3.32. The van der Waals surface area contributed by atoms with Crippen molar-refractivity contribution in [2.75, 3.05) is 23.9 Å². The molecule has 3 rings (SSSR count). The second-order valence-electron chi connectivity index (χ2n) is 4.32. The highest BCUT2D eigenvalue weighted by Gasteiger charge is 2.34. The van der Waals surface area contributed by atoms with E-state index in [0.717, 1.165) is 25.2 Å². The van der Waals surface area contributed by atoms with Gasteiger partial charge in [0, 0.05) is 19.0 Å². The molecule has 1 fully saturated rings. The first-order valence-corrected chi connectivity index (χ1v) is 5.75. The van der Waals surface area contributed by atoms with Crippen molar-refractivity contribution in [1.82, 2.24) is 9.97 Å². The number of aromatic nitrogens is 2. The Kier molecular flexibility index (Phi) is 2.35. The summed E-state index contributed by atoms with van der Waals surface area (Å²) in [6.07, 6.45) is 4.13. The van der Waals surface area contributed by atoms with Crippen LogP contribution in [0.3, 0.4) is 0 Å². The van der Waals surface area contributed by atoms with Crippen molar-refractivity contribution in [2.24, 2.45) is 0 Å². The molecular formula is C11H14N4O2.